The van der Waals surface area contributed by atoms with E-state index < -0.39 is 11.4 Å². The molecule has 0 amide bonds. The first-order chi connectivity index (χ1) is 17.6. The van der Waals surface area contributed by atoms with Crippen LogP contribution in [0.3, 0.4) is 0 Å². The molecule has 38 heavy (non-hydrogen) atoms. The summed E-state index contributed by atoms with van der Waals surface area (Å²) in [6.45, 7) is 20.9. The minimum atomic E-state index is -0.581. The molecule has 5 rings (SSSR count). The lowest BCUT2D eigenvalue weighted by Gasteiger charge is -2.71. The van der Waals surface area contributed by atoms with E-state index in [1.54, 1.807) is 0 Å². The van der Waals surface area contributed by atoms with Crippen molar-refractivity contribution in [2.75, 3.05) is 0 Å². The average molecular weight is 527 g/mol. The second-order valence-corrected chi connectivity index (χ2v) is 16.0. The van der Waals surface area contributed by atoms with Crippen molar-refractivity contribution in [3.05, 3.63) is 11.6 Å². The summed E-state index contributed by atoms with van der Waals surface area (Å²) < 4.78 is 6.14. The van der Waals surface area contributed by atoms with E-state index in [1.807, 2.05) is 13.8 Å². The summed E-state index contributed by atoms with van der Waals surface area (Å²) in [7, 11) is 0. The summed E-state index contributed by atoms with van der Waals surface area (Å²) in [5.74, 6) is 1.51. The molecule has 0 unspecified atom stereocenters. The van der Waals surface area contributed by atoms with Crippen LogP contribution in [0.1, 0.15) is 120 Å². The van der Waals surface area contributed by atoms with Crippen molar-refractivity contribution < 1.29 is 19.4 Å². The van der Waals surface area contributed by atoms with Gasteiger partial charge in [-0.3, -0.25) is 9.59 Å². The molecule has 0 spiro atoms. The fourth-order valence-electron chi connectivity index (χ4n) is 11.3. The number of ether oxygens (including phenoxy) is 1. The van der Waals surface area contributed by atoms with Crippen molar-refractivity contribution in [2.24, 2.45) is 62.6 Å². The van der Waals surface area contributed by atoms with Gasteiger partial charge in [-0.05, 0) is 104 Å². The number of carboxylic acid groups (broad SMARTS) is 1. The average Bonchev–Trinajstić information content (AvgIpc) is 2.83. The number of carbonyl (C=O) groups excluding carboxylic acids is 1. The molecule has 4 fully saturated rings. The van der Waals surface area contributed by atoms with Gasteiger partial charge in [0.1, 0.15) is 6.10 Å². The van der Waals surface area contributed by atoms with Crippen molar-refractivity contribution in [2.45, 2.75) is 126 Å². The summed E-state index contributed by atoms with van der Waals surface area (Å²) in [4.78, 5) is 25.5. The molecule has 0 radical (unpaired) electrons. The smallest absolute Gasteiger partial charge is 0.310 e. The Morgan fingerprint density at radius 3 is 2.24 bits per heavy atom. The van der Waals surface area contributed by atoms with Crippen molar-refractivity contribution in [1.29, 1.82) is 0 Å². The van der Waals surface area contributed by atoms with Crippen molar-refractivity contribution in [3.63, 3.8) is 0 Å². The van der Waals surface area contributed by atoms with E-state index in [9.17, 15) is 14.7 Å². The first-order valence-electron chi connectivity index (χ1n) is 15.7. The fourth-order valence-corrected chi connectivity index (χ4v) is 11.3. The van der Waals surface area contributed by atoms with E-state index in [2.05, 4.69) is 54.5 Å². The summed E-state index contributed by atoms with van der Waals surface area (Å²) in [5.41, 5.74) is 1.26. The van der Waals surface area contributed by atoms with Gasteiger partial charge in [0.25, 0.3) is 0 Å². The zero-order valence-corrected chi connectivity index (χ0v) is 25.7. The van der Waals surface area contributed by atoms with Gasteiger partial charge in [-0.2, -0.15) is 0 Å². The van der Waals surface area contributed by atoms with Gasteiger partial charge in [-0.25, -0.2) is 0 Å². The van der Waals surface area contributed by atoms with E-state index in [0.29, 0.717) is 23.7 Å². The van der Waals surface area contributed by atoms with Crippen LogP contribution in [0.15, 0.2) is 11.6 Å². The van der Waals surface area contributed by atoms with E-state index in [4.69, 9.17) is 4.74 Å². The molecule has 0 aliphatic heterocycles. The molecule has 0 saturated heterocycles. The van der Waals surface area contributed by atoms with Gasteiger partial charge in [-0.15, -0.1) is 0 Å². The minimum Gasteiger partial charge on any atom is -0.481 e. The predicted molar refractivity (Wildman–Crippen MR) is 151 cm³/mol. The van der Waals surface area contributed by atoms with Crippen LogP contribution in [0.5, 0.6) is 0 Å². The molecule has 214 valence electrons. The molecule has 1 N–H and O–H groups in total. The van der Waals surface area contributed by atoms with Crippen molar-refractivity contribution in [3.8, 4) is 0 Å². The number of carbonyl (C=O) groups is 2. The molecule has 0 bridgehead atoms. The minimum absolute atomic E-state index is 0.0134. The molecule has 5 aliphatic rings. The summed E-state index contributed by atoms with van der Waals surface area (Å²) >= 11 is 0. The van der Waals surface area contributed by atoms with Crippen LogP contribution >= 0.6 is 0 Å². The van der Waals surface area contributed by atoms with Crippen LogP contribution in [0, 0.1) is 62.6 Å². The molecule has 4 saturated carbocycles. The number of hydrogen-bond acceptors (Lipinski definition) is 3. The zero-order valence-electron chi connectivity index (χ0n) is 25.7. The van der Waals surface area contributed by atoms with Crippen LogP contribution in [-0.4, -0.2) is 23.1 Å². The van der Waals surface area contributed by atoms with Gasteiger partial charge in [-0.1, -0.05) is 74.0 Å². The zero-order chi connectivity index (χ0) is 28.1. The molecular weight excluding hydrogens is 472 g/mol. The fraction of sp³-hybridized carbons (Fsp3) is 0.882. The largest absolute Gasteiger partial charge is 0.481 e. The van der Waals surface area contributed by atoms with Gasteiger partial charge < -0.3 is 9.84 Å². The first-order valence-corrected chi connectivity index (χ1v) is 15.7. The van der Waals surface area contributed by atoms with E-state index in [0.717, 1.165) is 51.4 Å². The normalized spacial score (nSPS) is 49.6. The molecule has 0 heterocycles. The molecule has 0 aromatic rings. The third kappa shape index (κ3) is 3.52. The van der Waals surface area contributed by atoms with E-state index in [1.165, 1.54) is 12.0 Å². The summed E-state index contributed by atoms with van der Waals surface area (Å²) in [6, 6.07) is 0. The van der Waals surface area contributed by atoms with Gasteiger partial charge in [0, 0.05) is 5.41 Å². The quantitative estimate of drug-likeness (QED) is 0.297. The van der Waals surface area contributed by atoms with Crippen LogP contribution in [0.2, 0.25) is 0 Å². The Labute approximate surface area is 231 Å². The maximum atomic E-state index is 12.9. The number of esters is 1. The molecule has 0 aromatic heterocycles. The number of carboxylic acids is 1. The van der Waals surface area contributed by atoms with Gasteiger partial charge >= 0.3 is 11.9 Å². The standard InChI is InChI=1S/C34H54O4/c1-20(2)28(35)38-26-14-15-31(7)24(30(26,5)6)13-16-33(9)25(31)11-10-23-27-22(4)21(3)12-17-34(27,29(36)37)19-18-32(23,33)8/h10,20-22,24-27H,11-19H2,1-9H3,(H,36,37)/t21-,22+,24+,25-,26+,27+,31+,32-,33-,34+/m1/s1. The highest BCUT2D eigenvalue weighted by Crippen LogP contribution is 2.75. The number of aliphatic carboxylic acids is 1. The molecule has 5 aliphatic carbocycles. The highest BCUT2D eigenvalue weighted by Gasteiger charge is 2.69. The summed E-state index contributed by atoms with van der Waals surface area (Å²) in [5, 5.41) is 10.6. The van der Waals surface area contributed by atoms with Crippen molar-refractivity contribution in [1.82, 2.24) is 0 Å². The second-order valence-electron chi connectivity index (χ2n) is 16.0. The van der Waals surface area contributed by atoms with Gasteiger partial charge in [0.15, 0.2) is 0 Å². The lowest BCUT2D eigenvalue weighted by molar-refractivity contribution is -0.215. The molecule has 4 heteroatoms. The lowest BCUT2D eigenvalue weighted by atomic mass is 9.33. The SMILES string of the molecule is CC(C)C(=O)O[C@H]1CC[C@]2(C)[C@H]3CC=C4[C@@H]5[C@@H](C)[C@H](C)CC[C@]5(C(=O)O)CC[C@@]4(C)[C@]3(C)CC[C@H]2C1(C)C. The lowest BCUT2D eigenvalue weighted by Crippen LogP contribution is -2.65. The number of hydrogen-bond donors (Lipinski definition) is 1. The van der Waals surface area contributed by atoms with Crippen LogP contribution in [-0.2, 0) is 14.3 Å². The van der Waals surface area contributed by atoms with Gasteiger partial charge in [0.2, 0.25) is 0 Å². The topological polar surface area (TPSA) is 63.6 Å². The van der Waals surface area contributed by atoms with Crippen LogP contribution < -0.4 is 0 Å². The Balaban J connectivity index is 1.53. The third-order valence-corrected chi connectivity index (χ3v) is 14.1. The van der Waals surface area contributed by atoms with Crippen molar-refractivity contribution >= 4 is 11.9 Å². The van der Waals surface area contributed by atoms with Crippen LogP contribution in [0.25, 0.3) is 0 Å². The number of allylic oxidation sites excluding steroid dienone is 2. The first kappa shape index (κ1) is 28.2. The Morgan fingerprint density at radius 1 is 0.921 bits per heavy atom. The van der Waals surface area contributed by atoms with E-state index >= 15 is 0 Å². The Bertz CT molecular complexity index is 1030. The third-order valence-electron chi connectivity index (χ3n) is 14.1. The summed E-state index contributed by atoms with van der Waals surface area (Å²) in [6.07, 6.45) is 11.7. The Morgan fingerprint density at radius 2 is 1.61 bits per heavy atom. The molecule has 10 atom stereocenters. The Hall–Kier alpha value is -1.32. The highest BCUT2D eigenvalue weighted by atomic mass is 16.5. The molecule has 0 aromatic carbocycles. The van der Waals surface area contributed by atoms with Crippen LogP contribution in [0.4, 0.5) is 0 Å². The Kier molecular flexibility index (Phi) is 6.56. The predicted octanol–water partition coefficient (Wildman–Crippen LogP) is 8.30. The second kappa shape index (κ2) is 8.84. The molecule has 4 nitrogen and oxygen atoms in total. The highest BCUT2D eigenvalue weighted by molar-refractivity contribution is 5.76. The maximum absolute atomic E-state index is 12.9. The number of fused-ring (bicyclic) bond motifs is 7. The maximum Gasteiger partial charge on any atom is 0.310 e. The van der Waals surface area contributed by atoms with Gasteiger partial charge in [0.05, 0.1) is 11.3 Å². The number of rotatable bonds is 3. The molecular formula is C34H54O4. The van der Waals surface area contributed by atoms with E-state index in [-0.39, 0.29) is 45.6 Å². The monoisotopic (exact) mass is 526 g/mol.